The molecular weight excluding hydrogens is 250 g/mol. The van der Waals surface area contributed by atoms with Crippen molar-refractivity contribution in [3.05, 3.63) is 66.5 Å². The van der Waals surface area contributed by atoms with Crippen molar-refractivity contribution in [3.8, 4) is 0 Å². The second kappa shape index (κ2) is 5.61. The summed E-state index contributed by atoms with van der Waals surface area (Å²) in [7, 11) is 2.00. The summed E-state index contributed by atoms with van der Waals surface area (Å²) in [6.45, 7) is 1.55. The van der Waals surface area contributed by atoms with Crippen LogP contribution in [0.15, 0.2) is 55.2 Å². The Morgan fingerprint density at radius 2 is 2.20 bits per heavy atom. The summed E-state index contributed by atoms with van der Waals surface area (Å²) in [4.78, 5) is 4.11. The summed E-state index contributed by atoms with van der Waals surface area (Å²) in [6.07, 6.45) is 7.45. The smallest absolute Gasteiger partial charge is 0.0946 e. The molecule has 0 bridgehead atoms. The number of aryl methyl sites for hydroxylation is 1. The number of imidazole rings is 1. The van der Waals surface area contributed by atoms with E-state index >= 15 is 0 Å². The minimum absolute atomic E-state index is 0.766. The van der Waals surface area contributed by atoms with Crippen LogP contribution in [-0.4, -0.2) is 19.3 Å². The molecule has 0 aliphatic heterocycles. The molecule has 3 rings (SSSR count). The van der Waals surface area contributed by atoms with E-state index in [2.05, 4.69) is 39.7 Å². The lowest BCUT2D eigenvalue weighted by Crippen LogP contribution is -2.05. The SMILES string of the molecule is Cn1cncc1CNc1cccc(Cn2cccn2)c1. The summed E-state index contributed by atoms with van der Waals surface area (Å²) in [6, 6.07) is 10.3. The molecule has 0 aliphatic rings. The molecule has 0 amide bonds. The fourth-order valence-electron chi connectivity index (χ4n) is 2.11. The van der Waals surface area contributed by atoms with Gasteiger partial charge in [-0.15, -0.1) is 0 Å². The van der Waals surface area contributed by atoms with Crippen LogP contribution in [0.3, 0.4) is 0 Å². The van der Waals surface area contributed by atoms with Crippen molar-refractivity contribution >= 4 is 5.69 Å². The van der Waals surface area contributed by atoms with E-state index in [1.807, 2.05) is 41.1 Å². The number of nitrogens with one attached hydrogen (secondary N) is 1. The van der Waals surface area contributed by atoms with Crippen LogP contribution in [0.1, 0.15) is 11.3 Å². The number of hydrogen-bond donors (Lipinski definition) is 1. The fourth-order valence-corrected chi connectivity index (χ4v) is 2.11. The molecule has 102 valence electrons. The molecule has 0 fully saturated rings. The minimum Gasteiger partial charge on any atom is -0.379 e. The topological polar surface area (TPSA) is 47.7 Å². The van der Waals surface area contributed by atoms with Gasteiger partial charge in [0.2, 0.25) is 0 Å². The van der Waals surface area contributed by atoms with Gasteiger partial charge in [-0.1, -0.05) is 12.1 Å². The zero-order chi connectivity index (χ0) is 13.8. The van der Waals surface area contributed by atoms with E-state index in [0.29, 0.717) is 0 Å². The first-order valence-electron chi connectivity index (χ1n) is 6.57. The molecule has 3 aromatic rings. The third kappa shape index (κ3) is 2.88. The lowest BCUT2D eigenvalue weighted by atomic mass is 10.2. The van der Waals surface area contributed by atoms with Crippen molar-refractivity contribution in [1.29, 1.82) is 0 Å². The van der Waals surface area contributed by atoms with Crippen molar-refractivity contribution in [2.45, 2.75) is 13.1 Å². The Kier molecular flexibility index (Phi) is 3.50. The van der Waals surface area contributed by atoms with Gasteiger partial charge in [0.05, 0.1) is 25.1 Å². The first-order valence-corrected chi connectivity index (χ1v) is 6.57. The molecule has 0 spiro atoms. The standard InChI is InChI=1S/C15H17N5/c1-19-12-16-9-15(19)10-17-14-5-2-4-13(8-14)11-20-7-3-6-18-20/h2-9,12,17H,10-11H2,1H3. The maximum absolute atomic E-state index is 4.22. The van der Waals surface area contributed by atoms with Gasteiger partial charge in [0.1, 0.15) is 0 Å². The van der Waals surface area contributed by atoms with Crippen LogP contribution in [0, 0.1) is 0 Å². The number of anilines is 1. The van der Waals surface area contributed by atoms with Crippen LogP contribution in [0.25, 0.3) is 0 Å². The Balaban J connectivity index is 1.67. The molecule has 0 saturated heterocycles. The van der Waals surface area contributed by atoms with Gasteiger partial charge in [0.25, 0.3) is 0 Å². The average molecular weight is 267 g/mol. The van der Waals surface area contributed by atoms with Crippen molar-refractivity contribution in [2.75, 3.05) is 5.32 Å². The number of nitrogens with zero attached hydrogens (tertiary/aromatic N) is 4. The zero-order valence-electron chi connectivity index (χ0n) is 11.4. The molecule has 20 heavy (non-hydrogen) atoms. The molecule has 2 heterocycles. The monoisotopic (exact) mass is 267 g/mol. The summed E-state index contributed by atoms with van der Waals surface area (Å²) >= 11 is 0. The highest BCUT2D eigenvalue weighted by atomic mass is 15.3. The van der Waals surface area contributed by atoms with E-state index in [0.717, 1.165) is 24.5 Å². The number of hydrogen-bond acceptors (Lipinski definition) is 3. The van der Waals surface area contributed by atoms with Crippen molar-refractivity contribution in [2.24, 2.45) is 7.05 Å². The molecule has 1 aromatic carbocycles. The Labute approximate surface area is 117 Å². The summed E-state index contributed by atoms with van der Waals surface area (Å²) in [5.74, 6) is 0. The average Bonchev–Trinajstić information content (AvgIpc) is 3.09. The molecule has 0 aliphatic carbocycles. The van der Waals surface area contributed by atoms with Gasteiger partial charge in [-0.3, -0.25) is 4.68 Å². The van der Waals surface area contributed by atoms with Gasteiger partial charge in [0, 0.05) is 31.3 Å². The molecular formula is C15H17N5. The van der Waals surface area contributed by atoms with Crippen LogP contribution in [0.4, 0.5) is 5.69 Å². The van der Waals surface area contributed by atoms with Gasteiger partial charge in [-0.25, -0.2) is 4.98 Å². The quantitative estimate of drug-likeness (QED) is 0.771. The predicted octanol–water partition coefficient (Wildman–Crippen LogP) is 2.28. The van der Waals surface area contributed by atoms with Crippen LogP contribution in [0.2, 0.25) is 0 Å². The summed E-state index contributed by atoms with van der Waals surface area (Å²) < 4.78 is 3.93. The van der Waals surface area contributed by atoms with E-state index in [-0.39, 0.29) is 0 Å². The van der Waals surface area contributed by atoms with Crippen LogP contribution in [0.5, 0.6) is 0 Å². The van der Waals surface area contributed by atoms with Gasteiger partial charge in [-0.2, -0.15) is 5.10 Å². The number of aromatic nitrogens is 4. The Morgan fingerprint density at radius 1 is 1.25 bits per heavy atom. The van der Waals surface area contributed by atoms with Crippen LogP contribution >= 0.6 is 0 Å². The third-order valence-corrected chi connectivity index (χ3v) is 3.22. The molecule has 0 atom stereocenters. The van der Waals surface area contributed by atoms with Crippen LogP contribution in [-0.2, 0) is 20.1 Å². The summed E-state index contributed by atoms with van der Waals surface area (Å²) in [5, 5.41) is 7.64. The van der Waals surface area contributed by atoms with E-state index in [9.17, 15) is 0 Å². The predicted molar refractivity (Wildman–Crippen MR) is 78.3 cm³/mol. The van der Waals surface area contributed by atoms with E-state index < -0.39 is 0 Å². The molecule has 1 N–H and O–H groups in total. The molecule has 5 heteroatoms. The Hall–Kier alpha value is -2.56. The maximum Gasteiger partial charge on any atom is 0.0946 e. The molecule has 5 nitrogen and oxygen atoms in total. The van der Waals surface area contributed by atoms with Crippen molar-refractivity contribution in [3.63, 3.8) is 0 Å². The molecule has 0 unspecified atom stereocenters. The minimum atomic E-state index is 0.766. The first kappa shape index (κ1) is 12.5. The normalized spacial score (nSPS) is 10.7. The number of benzene rings is 1. The van der Waals surface area contributed by atoms with Gasteiger partial charge in [0.15, 0.2) is 0 Å². The largest absolute Gasteiger partial charge is 0.379 e. The van der Waals surface area contributed by atoms with E-state index in [1.54, 1.807) is 6.20 Å². The van der Waals surface area contributed by atoms with Gasteiger partial charge < -0.3 is 9.88 Å². The van der Waals surface area contributed by atoms with E-state index in [1.165, 1.54) is 5.56 Å². The van der Waals surface area contributed by atoms with Gasteiger partial charge >= 0.3 is 0 Å². The Bertz CT molecular complexity index is 669. The third-order valence-electron chi connectivity index (χ3n) is 3.22. The lowest BCUT2D eigenvalue weighted by molar-refractivity contribution is 0.687. The second-order valence-electron chi connectivity index (χ2n) is 4.75. The highest BCUT2D eigenvalue weighted by molar-refractivity contribution is 5.46. The highest BCUT2D eigenvalue weighted by Gasteiger charge is 2.00. The molecule has 2 aromatic heterocycles. The van der Waals surface area contributed by atoms with E-state index in [4.69, 9.17) is 0 Å². The van der Waals surface area contributed by atoms with Crippen molar-refractivity contribution in [1.82, 2.24) is 19.3 Å². The summed E-state index contributed by atoms with van der Waals surface area (Å²) in [5.41, 5.74) is 3.49. The second-order valence-corrected chi connectivity index (χ2v) is 4.75. The zero-order valence-corrected chi connectivity index (χ0v) is 11.4. The fraction of sp³-hybridized carbons (Fsp3) is 0.200. The Morgan fingerprint density at radius 3 is 2.95 bits per heavy atom. The highest BCUT2D eigenvalue weighted by Crippen LogP contribution is 2.13. The molecule has 0 radical (unpaired) electrons. The van der Waals surface area contributed by atoms with Crippen LogP contribution < -0.4 is 5.32 Å². The van der Waals surface area contributed by atoms with Crippen molar-refractivity contribution < 1.29 is 0 Å². The van der Waals surface area contributed by atoms with Gasteiger partial charge in [-0.05, 0) is 23.8 Å². The first-order chi connectivity index (χ1) is 9.81. The number of rotatable bonds is 5. The lowest BCUT2D eigenvalue weighted by Gasteiger charge is -2.09. The molecule has 0 saturated carbocycles. The maximum atomic E-state index is 4.22.